The van der Waals surface area contributed by atoms with Gasteiger partial charge in [0.05, 0.1) is 19.2 Å². The quantitative estimate of drug-likeness (QED) is 0.777. The van der Waals surface area contributed by atoms with E-state index >= 15 is 0 Å². The largest absolute Gasteiger partial charge is 0.379 e. The lowest BCUT2D eigenvalue weighted by molar-refractivity contribution is 0.0767. The smallest absolute Gasteiger partial charge is 0.157 e. The Balaban J connectivity index is 1.46. The van der Waals surface area contributed by atoms with Gasteiger partial charge in [-0.25, -0.2) is 0 Å². The van der Waals surface area contributed by atoms with Crippen molar-refractivity contribution in [2.75, 3.05) is 19.8 Å². The number of rotatable bonds is 2. The number of amidine groups is 1. The number of nitrogens with zero attached hydrogens (tertiary/aromatic N) is 1. The molecule has 1 N–H and O–H groups in total. The average Bonchev–Trinajstić information content (AvgIpc) is 3.02. The van der Waals surface area contributed by atoms with Crippen molar-refractivity contribution in [2.24, 2.45) is 10.9 Å². The van der Waals surface area contributed by atoms with E-state index in [4.69, 9.17) is 4.74 Å². The summed E-state index contributed by atoms with van der Waals surface area (Å²) in [5.41, 5.74) is 0. The molecule has 1 aliphatic carbocycles. The molecular weight excluding hydrogens is 208 g/mol. The van der Waals surface area contributed by atoms with E-state index in [0.29, 0.717) is 6.04 Å². The van der Waals surface area contributed by atoms with Crippen molar-refractivity contribution in [3.63, 3.8) is 0 Å². The fourth-order valence-corrected chi connectivity index (χ4v) is 3.50. The summed E-state index contributed by atoms with van der Waals surface area (Å²) in [5, 5.41) is 5.46. The number of hydrogen-bond acceptors (Lipinski definition) is 4. The molecule has 3 aliphatic rings. The highest BCUT2D eigenvalue weighted by atomic mass is 32.2. The third-order valence-corrected chi connectivity index (χ3v) is 4.62. The van der Waals surface area contributed by atoms with E-state index in [1.807, 2.05) is 11.8 Å². The van der Waals surface area contributed by atoms with E-state index in [2.05, 4.69) is 10.3 Å². The second-order valence-corrected chi connectivity index (χ2v) is 5.93. The molecule has 3 nitrogen and oxygen atoms in total. The molecule has 0 aromatic carbocycles. The van der Waals surface area contributed by atoms with Gasteiger partial charge in [-0.1, -0.05) is 11.8 Å². The molecule has 4 heteroatoms. The van der Waals surface area contributed by atoms with Crippen LogP contribution in [0.4, 0.5) is 0 Å². The van der Waals surface area contributed by atoms with Gasteiger partial charge in [0.15, 0.2) is 5.17 Å². The molecule has 1 saturated heterocycles. The Hall–Kier alpha value is -0.220. The van der Waals surface area contributed by atoms with Gasteiger partial charge < -0.3 is 10.1 Å². The number of thioether (sulfide) groups is 1. The van der Waals surface area contributed by atoms with Crippen LogP contribution in [0.1, 0.15) is 25.7 Å². The summed E-state index contributed by atoms with van der Waals surface area (Å²) in [6.07, 6.45) is 5.26. The van der Waals surface area contributed by atoms with Crippen molar-refractivity contribution >= 4 is 16.9 Å². The molecule has 2 fully saturated rings. The van der Waals surface area contributed by atoms with Gasteiger partial charge >= 0.3 is 0 Å². The van der Waals surface area contributed by atoms with Gasteiger partial charge in [0.1, 0.15) is 0 Å². The van der Waals surface area contributed by atoms with Crippen molar-refractivity contribution < 1.29 is 4.74 Å². The van der Waals surface area contributed by atoms with E-state index in [9.17, 15) is 0 Å². The number of nitrogens with one attached hydrogen (secondary N) is 1. The van der Waals surface area contributed by atoms with Crippen LogP contribution in [0.25, 0.3) is 0 Å². The first-order valence-electron chi connectivity index (χ1n) is 5.97. The fraction of sp³-hybridized carbons (Fsp3) is 0.909. The van der Waals surface area contributed by atoms with Crippen molar-refractivity contribution in [1.82, 2.24) is 5.32 Å². The third kappa shape index (κ3) is 2.48. The lowest BCUT2D eigenvalue weighted by Gasteiger charge is -2.23. The van der Waals surface area contributed by atoms with E-state index < -0.39 is 0 Å². The van der Waals surface area contributed by atoms with Gasteiger partial charge in [0.25, 0.3) is 0 Å². The van der Waals surface area contributed by atoms with Gasteiger partial charge in [0, 0.05) is 11.9 Å². The summed E-state index contributed by atoms with van der Waals surface area (Å²) in [6.45, 7) is 2.82. The Morgan fingerprint density at radius 3 is 3.00 bits per heavy atom. The Morgan fingerprint density at radius 1 is 1.33 bits per heavy atom. The zero-order chi connectivity index (χ0) is 10.1. The first-order chi connectivity index (χ1) is 7.42. The highest BCUT2D eigenvalue weighted by Crippen LogP contribution is 2.41. The molecule has 2 heterocycles. The van der Waals surface area contributed by atoms with E-state index in [1.165, 1.54) is 30.9 Å². The maximum absolute atomic E-state index is 5.45. The Morgan fingerprint density at radius 2 is 2.27 bits per heavy atom. The van der Waals surface area contributed by atoms with Crippen molar-refractivity contribution in [3.05, 3.63) is 0 Å². The molecule has 0 aromatic rings. The van der Waals surface area contributed by atoms with Crippen LogP contribution in [0.15, 0.2) is 4.99 Å². The van der Waals surface area contributed by atoms with Crippen LogP contribution >= 0.6 is 11.8 Å². The van der Waals surface area contributed by atoms with Crippen molar-refractivity contribution in [2.45, 2.75) is 37.0 Å². The van der Waals surface area contributed by atoms with Crippen LogP contribution in [0.3, 0.4) is 0 Å². The predicted molar refractivity (Wildman–Crippen MR) is 63.4 cm³/mol. The van der Waals surface area contributed by atoms with Crippen molar-refractivity contribution in [3.8, 4) is 0 Å². The molecule has 0 spiro atoms. The summed E-state index contributed by atoms with van der Waals surface area (Å²) in [4.78, 5) is 4.59. The Labute approximate surface area is 95.1 Å². The fourth-order valence-electron chi connectivity index (χ4n) is 2.21. The maximum Gasteiger partial charge on any atom is 0.157 e. The Bertz CT molecular complexity index is 259. The maximum atomic E-state index is 5.45. The summed E-state index contributed by atoms with van der Waals surface area (Å²) in [7, 11) is 0. The SMILES string of the molecule is C1COCC(NC2=NCC(C3CC3)S2)C1. The van der Waals surface area contributed by atoms with Crippen LogP contribution < -0.4 is 5.32 Å². The summed E-state index contributed by atoms with van der Waals surface area (Å²) in [5.74, 6) is 0.959. The molecular formula is C11H18N2OS. The van der Waals surface area contributed by atoms with Crippen molar-refractivity contribution in [1.29, 1.82) is 0 Å². The summed E-state index contributed by atoms with van der Waals surface area (Å²) >= 11 is 1.96. The lowest BCUT2D eigenvalue weighted by atomic mass is 10.1. The molecule has 15 heavy (non-hydrogen) atoms. The van der Waals surface area contributed by atoms with E-state index in [-0.39, 0.29) is 0 Å². The minimum atomic E-state index is 0.503. The first-order valence-corrected chi connectivity index (χ1v) is 6.85. The van der Waals surface area contributed by atoms with Crippen LogP contribution in [0, 0.1) is 5.92 Å². The molecule has 2 unspecified atom stereocenters. The van der Waals surface area contributed by atoms with Crippen LogP contribution in [-0.2, 0) is 4.74 Å². The second-order valence-electron chi connectivity index (χ2n) is 4.70. The van der Waals surface area contributed by atoms with Gasteiger partial charge in [-0.2, -0.15) is 0 Å². The van der Waals surface area contributed by atoms with E-state index in [1.54, 1.807) is 0 Å². The topological polar surface area (TPSA) is 33.6 Å². The highest BCUT2D eigenvalue weighted by Gasteiger charge is 2.35. The van der Waals surface area contributed by atoms with Gasteiger partial charge in [-0.3, -0.25) is 4.99 Å². The molecule has 0 bridgehead atoms. The molecule has 0 radical (unpaired) electrons. The zero-order valence-electron chi connectivity index (χ0n) is 8.95. The minimum absolute atomic E-state index is 0.503. The molecule has 0 aromatic heterocycles. The van der Waals surface area contributed by atoms with Crippen LogP contribution in [-0.4, -0.2) is 36.2 Å². The molecule has 0 amide bonds. The molecule has 1 saturated carbocycles. The monoisotopic (exact) mass is 226 g/mol. The summed E-state index contributed by atoms with van der Waals surface area (Å²) in [6, 6.07) is 0.503. The third-order valence-electron chi connectivity index (χ3n) is 3.31. The number of ether oxygens (including phenoxy) is 1. The highest BCUT2D eigenvalue weighted by molar-refractivity contribution is 8.14. The number of hydrogen-bond donors (Lipinski definition) is 1. The predicted octanol–water partition coefficient (Wildman–Crippen LogP) is 1.64. The normalized spacial score (nSPS) is 36.4. The van der Waals surface area contributed by atoms with Gasteiger partial charge in [-0.15, -0.1) is 0 Å². The number of aliphatic imine (C=N–C) groups is 1. The molecule has 3 rings (SSSR count). The Kier molecular flexibility index (Phi) is 2.88. The van der Waals surface area contributed by atoms with Crippen LogP contribution in [0.5, 0.6) is 0 Å². The van der Waals surface area contributed by atoms with Gasteiger partial charge in [0.2, 0.25) is 0 Å². The second kappa shape index (κ2) is 4.34. The van der Waals surface area contributed by atoms with Crippen LogP contribution in [0.2, 0.25) is 0 Å². The lowest BCUT2D eigenvalue weighted by Crippen LogP contribution is -2.39. The summed E-state index contributed by atoms with van der Waals surface area (Å²) < 4.78 is 5.45. The molecule has 2 aliphatic heterocycles. The zero-order valence-corrected chi connectivity index (χ0v) is 9.76. The molecule has 84 valence electrons. The van der Waals surface area contributed by atoms with Gasteiger partial charge in [-0.05, 0) is 31.6 Å². The average molecular weight is 226 g/mol. The minimum Gasteiger partial charge on any atom is -0.379 e. The van der Waals surface area contributed by atoms with E-state index in [0.717, 1.165) is 30.9 Å². The molecule has 2 atom stereocenters. The standard InChI is InChI=1S/C11H18N2OS/c1-2-9(7-14-5-1)13-11-12-6-10(15-11)8-3-4-8/h8-10H,1-7H2,(H,12,13). The first kappa shape index (κ1) is 9.97.